The van der Waals surface area contributed by atoms with Crippen molar-refractivity contribution in [2.45, 2.75) is 19.6 Å². The fourth-order valence-electron chi connectivity index (χ4n) is 2.53. The zero-order chi connectivity index (χ0) is 19.9. The Labute approximate surface area is 166 Å². The quantitative estimate of drug-likeness (QED) is 0.630. The molecule has 0 aliphatic heterocycles. The number of amides is 2. The van der Waals surface area contributed by atoms with E-state index in [9.17, 15) is 9.59 Å². The monoisotopic (exact) mass is 396 g/mol. The Morgan fingerprint density at radius 3 is 2.64 bits per heavy atom. The highest BCUT2D eigenvalue weighted by Crippen LogP contribution is 2.19. The van der Waals surface area contributed by atoms with Crippen molar-refractivity contribution in [3.63, 3.8) is 0 Å². The Morgan fingerprint density at radius 2 is 1.89 bits per heavy atom. The number of para-hydroxylation sites is 1. The summed E-state index contributed by atoms with van der Waals surface area (Å²) in [6.45, 7) is 3.67. The molecule has 0 saturated carbocycles. The normalized spacial score (nSPS) is 10.5. The molecular formula is C20H20N4O3S. The highest BCUT2D eigenvalue weighted by atomic mass is 32.2. The van der Waals surface area contributed by atoms with Crippen molar-refractivity contribution in [3.05, 3.63) is 71.4 Å². The maximum atomic E-state index is 12.6. The summed E-state index contributed by atoms with van der Waals surface area (Å²) in [4.78, 5) is 29.0. The van der Waals surface area contributed by atoms with Crippen LogP contribution in [0.1, 0.15) is 27.6 Å². The number of carbonyl (C=O) groups is 2. The van der Waals surface area contributed by atoms with E-state index < -0.39 is 0 Å². The van der Waals surface area contributed by atoms with E-state index in [-0.39, 0.29) is 17.6 Å². The molecule has 2 N–H and O–H groups in total. The lowest BCUT2D eigenvalue weighted by Gasteiger charge is -2.11. The van der Waals surface area contributed by atoms with E-state index in [1.54, 1.807) is 31.2 Å². The molecule has 0 radical (unpaired) electrons. The van der Waals surface area contributed by atoms with Gasteiger partial charge in [-0.1, -0.05) is 29.4 Å². The van der Waals surface area contributed by atoms with Crippen LogP contribution < -0.4 is 10.6 Å². The van der Waals surface area contributed by atoms with Crippen LogP contribution in [-0.2, 0) is 10.5 Å². The van der Waals surface area contributed by atoms with Crippen LogP contribution in [-0.4, -0.2) is 27.7 Å². The van der Waals surface area contributed by atoms with E-state index >= 15 is 0 Å². The SMILES string of the molecule is Cc1cccc(NC(=O)c2ccccc2NC(=O)CSCc2noc(C)n2)c1. The first kappa shape index (κ1) is 19.6. The van der Waals surface area contributed by atoms with Crippen LogP contribution in [0.25, 0.3) is 0 Å². The Bertz CT molecular complexity index is 987. The number of thioether (sulfide) groups is 1. The Balaban J connectivity index is 1.59. The summed E-state index contributed by atoms with van der Waals surface area (Å²) in [6.07, 6.45) is 0. The van der Waals surface area contributed by atoms with Gasteiger partial charge in [0, 0.05) is 12.6 Å². The fraction of sp³-hybridized carbons (Fsp3) is 0.200. The third-order valence-electron chi connectivity index (χ3n) is 3.76. The van der Waals surface area contributed by atoms with Gasteiger partial charge in [-0.2, -0.15) is 4.98 Å². The summed E-state index contributed by atoms with van der Waals surface area (Å²) in [6, 6.07) is 14.4. The zero-order valence-corrected chi connectivity index (χ0v) is 16.4. The van der Waals surface area contributed by atoms with Gasteiger partial charge >= 0.3 is 0 Å². The predicted molar refractivity (Wildman–Crippen MR) is 109 cm³/mol. The van der Waals surface area contributed by atoms with Crippen molar-refractivity contribution in [1.29, 1.82) is 0 Å². The molecule has 0 spiro atoms. The molecule has 0 aliphatic carbocycles. The van der Waals surface area contributed by atoms with Crippen LogP contribution in [0.4, 0.5) is 11.4 Å². The van der Waals surface area contributed by atoms with Gasteiger partial charge in [-0.25, -0.2) is 0 Å². The molecule has 0 saturated heterocycles. The third-order valence-corrected chi connectivity index (χ3v) is 4.68. The predicted octanol–water partition coefficient (Wildman–Crippen LogP) is 3.81. The molecule has 3 rings (SSSR count). The Hall–Kier alpha value is -3.13. The first-order chi connectivity index (χ1) is 13.5. The summed E-state index contributed by atoms with van der Waals surface area (Å²) in [5.74, 6) is 1.24. The van der Waals surface area contributed by atoms with Crippen molar-refractivity contribution in [2.75, 3.05) is 16.4 Å². The highest BCUT2D eigenvalue weighted by Gasteiger charge is 2.14. The Morgan fingerprint density at radius 1 is 1.07 bits per heavy atom. The number of hydrogen-bond donors (Lipinski definition) is 2. The van der Waals surface area contributed by atoms with Crippen molar-refractivity contribution in [3.8, 4) is 0 Å². The van der Waals surface area contributed by atoms with E-state index in [4.69, 9.17) is 4.52 Å². The summed E-state index contributed by atoms with van der Waals surface area (Å²) < 4.78 is 4.90. The van der Waals surface area contributed by atoms with E-state index in [2.05, 4.69) is 20.8 Å². The Kier molecular flexibility index (Phi) is 6.44. The summed E-state index contributed by atoms with van der Waals surface area (Å²) in [5.41, 5.74) is 2.62. The molecule has 144 valence electrons. The van der Waals surface area contributed by atoms with E-state index in [0.717, 1.165) is 5.56 Å². The lowest BCUT2D eigenvalue weighted by Crippen LogP contribution is -2.19. The molecule has 2 amide bonds. The summed E-state index contributed by atoms with van der Waals surface area (Å²) >= 11 is 1.37. The topological polar surface area (TPSA) is 97.1 Å². The first-order valence-corrected chi connectivity index (χ1v) is 9.80. The van der Waals surface area contributed by atoms with Gasteiger partial charge in [0.15, 0.2) is 5.82 Å². The smallest absolute Gasteiger partial charge is 0.257 e. The molecule has 8 heteroatoms. The molecule has 0 fully saturated rings. The van der Waals surface area contributed by atoms with Gasteiger partial charge in [0.2, 0.25) is 11.8 Å². The van der Waals surface area contributed by atoms with Crippen LogP contribution in [0, 0.1) is 13.8 Å². The third kappa shape index (κ3) is 5.43. The van der Waals surface area contributed by atoms with Gasteiger partial charge in [-0.15, -0.1) is 11.8 Å². The van der Waals surface area contributed by atoms with Crippen LogP contribution >= 0.6 is 11.8 Å². The number of anilines is 2. The lowest BCUT2D eigenvalue weighted by molar-refractivity contribution is -0.113. The van der Waals surface area contributed by atoms with Crippen molar-refractivity contribution < 1.29 is 14.1 Å². The number of benzene rings is 2. The van der Waals surface area contributed by atoms with Gasteiger partial charge in [0.1, 0.15) is 0 Å². The second-order valence-electron chi connectivity index (χ2n) is 6.14. The van der Waals surface area contributed by atoms with E-state index in [0.29, 0.717) is 34.4 Å². The van der Waals surface area contributed by atoms with Gasteiger partial charge in [0.05, 0.1) is 22.8 Å². The molecular weight excluding hydrogens is 376 g/mol. The molecule has 28 heavy (non-hydrogen) atoms. The first-order valence-electron chi connectivity index (χ1n) is 8.65. The van der Waals surface area contributed by atoms with Crippen LogP contribution in [0.3, 0.4) is 0 Å². The number of rotatable bonds is 7. The minimum absolute atomic E-state index is 0.207. The standard InChI is InChI=1S/C20H20N4O3S/c1-13-6-5-7-15(10-13)22-20(26)16-8-3-4-9-17(16)23-19(25)12-28-11-18-21-14(2)27-24-18/h3-10H,11-12H2,1-2H3,(H,22,26)(H,23,25). The second-order valence-corrected chi connectivity index (χ2v) is 7.13. The molecule has 7 nitrogen and oxygen atoms in total. The van der Waals surface area contributed by atoms with Crippen molar-refractivity contribution in [2.24, 2.45) is 0 Å². The van der Waals surface area contributed by atoms with Gasteiger partial charge in [-0.3, -0.25) is 9.59 Å². The van der Waals surface area contributed by atoms with E-state index in [1.165, 1.54) is 11.8 Å². The molecule has 0 atom stereocenters. The lowest BCUT2D eigenvalue weighted by atomic mass is 10.1. The fourth-order valence-corrected chi connectivity index (χ4v) is 3.19. The largest absolute Gasteiger partial charge is 0.340 e. The van der Waals surface area contributed by atoms with Crippen LogP contribution in [0.5, 0.6) is 0 Å². The number of aryl methyl sites for hydroxylation is 2. The maximum Gasteiger partial charge on any atom is 0.257 e. The van der Waals surface area contributed by atoms with Crippen molar-refractivity contribution in [1.82, 2.24) is 10.1 Å². The summed E-state index contributed by atoms with van der Waals surface area (Å²) in [7, 11) is 0. The number of nitrogens with zero attached hydrogens (tertiary/aromatic N) is 2. The molecule has 1 heterocycles. The average Bonchev–Trinajstić information content (AvgIpc) is 3.07. The van der Waals surface area contributed by atoms with Crippen LogP contribution in [0.15, 0.2) is 53.1 Å². The number of nitrogens with one attached hydrogen (secondary N) is 2. The molecule has 0 bridgehead atoms. The maximum absolute atomic E-state index is 12.6. The minimum atomic E-state index is -0.281. The molecule has 0 unspecified atom stereocenters. The number of carbonyl (C=O) groups excluding carboxylic acids is 2. The molecule has 2 aromatic carbocycles. The molecule has 1 aromatic heterocycles. The van der Waals surface area contributed by atoms with Crippen LogP contribution in [0.2, 0.25) is 0 Å². The van der Waals surface area contributed by atoms with Crippen molar-refractivity contribution >= 4 is 35.0 Å². The summed E-state index contributed by atoms with van der Waals surface area (Å²) in [5, 5.41) is 9.44. The highest BCUT2D eigenvalue weighted by molar-refractivity contribution is 7.99. The second kappa shape index (κ2) is 9.18. The van der Waals surface area contributed by atoms with Gasteiger partial charge < -0.3 is 15.2 Å². The average molecular weight is 396 g/mol. The van der Waals surface area contributed by atoms with Gasteiger partial charge in [-0.05, 0) is 36.8 Å². The molecule has 0 aliphatic rings. The minimum Gasteiger partial charge on any atom is -0.340 e. The zero-order valence-electron chi connectivity index (χ0n) is 15.6. The number of aromatic nitrogens is 2. The van der Waals surface area contributed by atoms with E-state index in [1.807, 2.05) is 31.2 Å². The number of hydrogen-bond acceptors (Lipinski definition) is 6. The van der Waals surface area contributed by atoms with Gasteiger partial charge in [0.25, 0.3) is 5.91 Å². The molecule has 3 aromatic rings.